The van der Waals surface area contributed by atoms with Crippen molar-refractivity contribution in [2.45, 2.75) is 57.7 Å². The van der Waals surface area contributed by atoms with Gasteiger partial charge < -0.3 is 9.53 Å². The first-order valence-corrected chi connectivity index (χ1v) is 6.27. The van der Waals surface area contributed by atoms with Crippen molar-refractivity contribution < 1.29 is 14.3 Å². The number of hydrogen-bond acceptors (Lipinski definition) is 5. The molecule has 0 radical (unpaired) electrons. The van der Waals surface area contributed by atoms with E-state index in [1.165, 1.54) is 0 Å². The molecule has 0 saturated carbocycles. The minimum Gasteiger partial charge on any atom is -0.443 e. The molecular formula is C12H23N3O3. The van der Waals surface area contributed by atoms with Gasteiger partial charge in [0.25, 0.3) is 0 Å². The summed E-state index contributed by atoms with van der Waals surface area (Å²) in [6.07, 6.45) is 2.80. The Bertz CT molecular complexity index is 306. The van der Waals surface area contributed by atoms with Gasteiger partial charge in [0.2, 0.25) is 0 Å². The molecule has 0 aromatic rings. The molecule has 104 valence electrons. The van der Waals surface area contributed by atoms with E-state index in [-0.39, 0.29) is 0 Å². The smallest absolute Gasteiger partial charge is 0.426 e. The molecule has 3 N–H and O–H groups in total. The standard InChI is InChI=1S/C12H23N3O3/c1-11(2,3)18-10(17)15(13)12(7-5-9-16)6-4-8-14-12/h9,14H,4-8,13H2,1-3H3/t12-/m0/s1. The lowest BCUT2D eigenvalue weighted by Crippen LogP contribution is -2.62. The lowest BCUT2D eigenvalue weighted by molar-refractivity contribution is -0.108. The minimum absolute atomic E-state index is 0.365. The van der Waals surface area contributed by atoms with Crippen LogP contribution in [0.3, 0.4) is 0 Å². The van der Waals surface area contributed by atoms with E-state index in [2.05, 4.69) is 5.32 Å². The number of hydrogen-bond donors (Lipinski definition) is 2. The summed E-state index contributed by atoms with van der Waals surface area (Å²) in [5.74, 6) is 5.89. The number of rotatable bonds is 4. The lowest BCUT2D eigenvalue weighted by atomic mass is 10.0. The van der Waals surface area contributed by atoms with E-state index in [0.717, 1.165) is 30.7 Å². The molecule has 18 heavy (non-hydrogen) atoms. The predicted octanol–water partition coefficient (Wildman–Crippen LogP) is 1.16. The lowest BCUT2D eigenvalue weighted by Gasteiger charge is -2.38. The third-order valence-corrected chi connectivity index (χ3v) is 2.95. The average molecular weight is 257 g/mol. The Morgan fingerprint density at radius 3 is 2.67 bits per heavy atom. The second-order valence-corrected chi connectivity index (χ2v) is 5.62. The molecule has 0 bridgehead atoms. The highest BCUT2D eigenvalue weighted by molar-refractivity contribution is 5.68. The van der Waals surface area contributed by atoms with E-state index < -0.39 is 17.4 Å². The van der Waals surface area contributed by atoms with E-state index >= 15 is 0 Å². The summed E-state index contributed by atoms with van der Waals surface area (Å²) in [5.41, 5.74) is -1.23. The molecule has 1 fully saturated rings. The van der Waals surface area contributed by atoms with Crippen molar-refractivity contribution in [3.63, 3.8) is 0 Å². The summed E-state index contributed by atoms with van der Waals surface area (Å²) in [6, 6.07) is 0. The highest BCUT2D eigenvalue weighted by Gasteiger charge is 2.41. The van der Waals surface area contributed by atoms with E-state index in [0.29, 0.717) is 12.8 Å². The molecular weight excluding hydrogens is 234 g/mol. The number of carbonyl (C=O) groups is 2. The first kappa shape index (κ1) is 14.9. The molecule has 0 aromatic carbocycles. The second-order valence-electron chi connectivity index (χ2n) is 5.62. The number of hydrazine groups is 1. The molecule has 6 heteroatoms. The van der Waals surface area contributed by atoms with Crippen LogP contribution < -0.4 is 11.2 Å². The molecule has 1 heterocycles. The molecule has 1 aliphatic heterocycles. The van der Waals surface area contributed by atoms with E-state index in [4.69, 9.17) is 10.6 Å². The maximum atomic E-state index is 12.0. The minimum atomic E-state index is -0.650. The van der Waals surface area contributed by atoms with Gasteiger partial charge in [0, 0.05) is 6.42 Å². The Morgan fingerprint density at radius 1 is 1.56 bits per heavy atom. The summed E-state index contributed by atoms with van der Waals surface area (Å²) in [7, 11) is 0. The number of aldehydes is 1. The zero-order valence-corrected chi connectivity index (χ0v) is 11.4. The third kappa shape index (κ3) is 3.68. The van der Waals surface area contributed by atoms with Crippen LogP contribution in [0.4, 0.5) is 4.79 Å². The fraction of sp³-hybridized carbons (Fsp3) is 0.833. The van der Waals surface area contributed by atoms with Gasteiger partial charge in [-0.3, -0.25) is 5.32 Å². The van der Waals surface area contributed by atoms with E-state index in [9.17, 15) is 9.59 Å². The summed E-state index contributed by atoms with van der Waals surface area (Å²) in [4.78, 5) is 22.5. The molecule has 1 aliphatic rings. The number of amides is 1. The maximum Gasteiger partial charge on any atom is 0.426 e. The van der Waals surface area contributed by atoms with Gasteiger partial charge in [-0.05, 0) is 46.6 Å². The van der Waals surface area contributed by atoms with Gasteiger partial charge in [-0.25, -0.2) is 15.6 Å². The van der Waals surface area contributed by atoms with Crippen molar-refractivity contribution in [3.8, 4) is 0 Å². The van der Waals surface area contributed by atoms with Crippen molar-refractivity contribution in [2.75, 3.05) is 6.54 Å². The molecule has 1 rings (SSSR count). The molecule has 0 unspecified atom stereocenters. The molecule has 1 atom stereocenters. The maximum absolute atomic E-state index is 12.0. The fourth-order valence-corrected chi connectivity index (χ4v) is 2.11. The SMILES string of the molecule is CC(C)(C)OC(=O)N(N)[C@]1(CCC=O)CCCN1. The van der Waals surface area contributed by atoms with E-state index in [1.807, 2.05) is 0 Å². The Labute approximate surface area is 108 Å². The Balaban J connectivity index is 2.73. The summed E-state index contributed by atoms with van der Waals surface area (Å²) < 4.78 is 5.25. The Kier molecular flexibility index (Phi) is 4.70. The van der Waals surface area contributed by atoms with Crippen LogP contribution in [0.15, 0.2) is 0 Å². The van der Waals surface area contributed by atoms with Crippen LogP contribution in [0.25, 0.3) is 0 Å². The van der Waals surface area contributed by atoms with Gasteiger partial charge in [-0.2, -0.15) is 0 Å². The third-order valence-electron chi connectivity index (χ3n) is 2.95. The Hall–Kier alpha value is -1.14. The number of carbonyl (C=O) groups excluding carboxylic acids is 2. The summed E-state index contributed by atoms with van der Waals surface area (Å²) >= 11 is 0. The first-order chi connectivity index (χ1) is 8.31. The molecule has 0 aliphatic carbocycles. The van der Waals surface area contributed by atoms with Gasteiger partial charge in [0.15, 0.2) is 0 Å². The zero-order valence-electron chi connectivity index (χ0n) is 11.4. The topological polar surface area (TPSA) is 84.7 Å². The van der Waals surface area contributed by atoms with Crippen molar-refractivity contribution >= 4 is 12.4 Å². The van der Waals surface area contributed by atoms with Gasteiger partial charge in [-0.15, -0.1) is 0 Å². The largest absolute Gasteiger partial charge is 0.443 e. The summed E-state index contributed by atoms with van der Waals surface area (Å²) in [6.45, 7) is 6.16. The average Bonchev–Trinajstić information content (AvgIpc) is 2.72. The number of nitrogens with zero attached hydrogens (tertiary/aromatic N) is 1. The van der Waals surface area contributed by atoms with Gasteiger partial charge in [0.1, 0.15) is 17.6 Å². The molecule has 0 aromatic heterocycles. The van der Waals surface area contributed by atoms with Crippen molar-refractivity contribution in [3.05, 3.63) is 0 Å². The molecule has 1 amide bonds. The van der Waals surface area contributed by atoms with Gasteiger partial charge in [0.05, 0.1) is 0 Å². The van der Waals surface area contributed by atoms with Crippen LogP contribution in [-0.2, 0) is 9.53 Å². The fourth-order valence-electron chi connectivity index (χ4n) is 2.11. The highest BCUT2D eigenvalue weighted by atomic mass is 16.6. The molecule has 0 spiro atoms. The predicted molar refractivity (Wildman–Crippen MR) is 67.5 cm³/mol. The van der Waals surface area contributed by atoms with Crippen molar-refractivity contribution in [1.29, 1.82) is 0 Å². The molecule has 6 nitrogen and oxygen atoms in total. The van der Waals surface area contributed by atoms with Crippen LogP contribution in [0.5, 0.6) is 0 Å². The van der Waals surface area contributed by atoms with Crippen LogP contribution in [-0.4, -0.2) is 35.2 Å². The van der Waals surface area contributed by atoms with Crippen molar-refractivity contribution in [2.24, 2.45) is 5.84 Å². The van der Waals surface area contributed by atoms with Crippen LogP contribution in [0.1, 0.15) is 46.5 Å². The summed E-state index contributed by atoms with van der Waals surface area (Å²) in [5, 5.41) is 4.32. The number of nitrogens with two attached hydrogens (primary N) is 1. The first-order valence-electron chi connectivity index (χ1n) is 6.27. The van der Waals surface area contributed by atoms with Crippen LogP contribution in [0.2, 0.25) is 0 Å². The van der Waals surface area contributed by atoms with Gasteiger partial charge >= 0.3 is 6.09 Å². The Morgan fingerprint density at radius 2 is 2.22 bits per heavy atom. The van der Waals surface area contributed by atoms with E-state index in [1.54, 1.807) is 20.8 Å². The monoisotopic (exact) mass is 257 g/mol. The quantitative estimate of drug-likeness (QED) is 0.341. The zero-order chi connectivity index (χ0) is 13.8. The number of ether oxygens (including phenoxy) is 1. The van der Waals surface area contributed by atoms with Crippen molar-refractivity contribution in [1.82, 2.24) is 10.3 Å². The van der Waals surface area contributed by atoms with Crippen LogP contribution >= 0.6 is 0 Å². The number of nitrogens with one attached hydrogen (secondary N) is 1. The van der Waals surface area contributed by atoms with Crippen LogP contribution in [0, 0.1) is 0 Å². The second kappa shape index (κ2) is 5.67. The highest BCUT2D eigenvalue weighted by Crippen LogP contribution is 2.27. The van der Waals surface area contributed by atoms with Gasteiger partial charge in [-0.1, -0.05) is 0 Å². The molecule has 1 saturated heterocycles. The normalized spacial score (nSPS) is 23.8.